The Hall–Kier alpha value is -1.35. The highest BCUT2D eigenvalue weighted by Crippen LogP contribution is 2.32. The Bertz CT molecular complexity index is 577. The lowest BCUT2D eigenvalue weighted by Gasteiger charge is -2.23. The van der Waals surface area contributed by atoms with Gasteiger partial charge >= 0.3 is 0 Å². The third-order valence-corrected chi connectivity index (χ3v) is 4.13. The van der Waals surface area contributed by atoms with Gasteiger partial charge in [0.1, 0.15) is 5.82 Å². The Labute approximate surface area is 108 Å². The summed E-state index contributed by atoms with van der Waals surface area (Å²) in [7, 11) is 0. The number of rotatable bonds is 2. The molecule has 0 saturated carbocycles. The van der Waals surface area contributed by atoms with Gasteiger partial charge in [-0.15, -0.1) is 0 Å². The second-order valence-electron chi connectivity index (χ2n) is 5.66. The van der Waals surface area contributed by atoms with Gasteiger partial charge in [0.05, 0.1) is 11.0 Å². The molecule has 0 radical (unpaired) electrons. The second-order valence-corrected chi connectivity index (χ2v) is 5.66. The van der Waals surface area contributed by atoms with E-state index in [0.717, 1.165) is 25.2 Å². The molecule has 1 fully saturated rings. The van der Waals surface area contributed by atoms with Crippen LogP contribution in [0.15, 0.2) is 18.2 Å². The van der Waals surface area contributed by atoms with Crippen LogP contribution in [-0.2, 0) is 12.0 Å². The zero-order chi connectivity index (χ0) is 12.8. The number of hydrogen-bond donors (Lipinski definition) is 1. The first-order valence-corrected chi connectivity index (χ1v) is 6.82. The number of fused-ring (bicyclic) bond motifs is 1. The van der Waals surface area contributed by atoms with Crippen molar-refractivity contribution in [1.82, 2.24) is 14.9 Å². The smallest absolute Gasteiger partial charge is 0.117 e. The fraction of sp³-hybridized carbons (Fsp3) is 0.533. The maximum Gasteiger partial charge on any atom is 0.117 e. The fourth-order valence-electron chi connectivity index (χ4n) is 3.03. The van der Waals surface area contributed by atoms with Gasteiger partial charge in [-0.2, -0.15) is 0 Å². The lowest BCUT2D eigenvalue weighted by Crippen LogP contribution is -2.29. The Kier molecular flexibility index (Phi) is 2.67. The minimum Gasteiger partial charge on any atom is -0.328 e. The van der Waals surface area contributed by atoms with Crippen molar-refractivity contribution in [2.75, 3.05) is 13.1 Å². The lowest BCUT2D eigenvalue weighted by atomic mass is 9.89. The van der Waals surface area contributed by atoms with Gasteiger partial charge in [-0.1, -0.05) is 13.0 Å². The Morgan fingerprint density at radius 3 is 2.94 bits per heavy atom. The molecular weight excluding hydrogens is 222 g/mol. The van der Waals surface area contributed by atoms with Gasteiger partial charge < -0.3 is 9.88 Å². The van der Waals surface area contributed by atoms with Crippen LogP contribution < -0.4 is 5.32 Å². The molecule has 1 unspecified atom stereocenters. The number of nitrogens with one attached hydrogen (secondary N) is 1. The fourth-order valence-corrected chi connectivity index (χ4v) is 3.03. The van der Waals surface area contributed by atoms with E-state index in [0.29, 0.717) is 0 Å². The first-order chi connectivity index (χ1) is 8.64. The molecule has 3 rings (SSSR count). The summed E-state index contributed by atoms with van der Waals surface area (Å²) in [5.74, 6) is 1.25. The molecule has 1 aromatic heterocycles. The molecule has 0 bridgehead atoms. The SMILES string of the molecule is CCn1c(C2(C)CCNC2)nc2cc(C)ccc21. The van der Waals surface area contributed by atoms with Gasteiger partial charge in [-0.05, 0) is 44.5 Å². The minimum absolute atomic E-state index is 0.183. The van der Waals surface area contributed by atoms with E-state index >= 15 is 0 Å². The summed E-state index contributed by atoms with van der Waals surface area (Å²) in [6.45, 7) is 9.79. The van der Waals surface area contributed by atoms with Crippen molar-refractivity contribution < 1.29 is 0 Å². The molecule has 18 heavy (non-hydrogen) atoms. The number of aromatic nitrogens is 2. The number of hydrogen-bond acceptors (Lipinski definition) is 2. The lowest BCUT2D eigenvalue weighted by molar-refractivity contribution is 0.465. The highest BCUT2D eigenvalue weighted by atomic mass is 15.1. The van der Waals surface area contributed by atoms with Crippen molar-refractivity contribution in [2.24, 2.45) is 0 Å². The number of benzene rings is 1. The summed E-state index contributed by atoms with van der Waals surface area (Å²) in [5, 5.41) is 3.47. The van der Waals surface area contributed by atoms with Crippen LogP contribution >= 0.6 is 0 Å². The van der Waals surface area contributed by atoms with Gasteiger partial charge in [0.2, 0.25) is 0 Å². The van der Waals surface area contributed by atoms with Crippen LogP contribution in [0.2, 0.25) is 0 Å². The third kappa shape index (κ3) is 1.65. The molecule has 3 nitrogen and oxygen atoms in total. The molecule has 2 aromatic rings. The van der Waals surface area contributed by atoms with E-state index in [1.807, 2.05) is 0 Å². The van der Waals surface area contributed by atoms with E-state index in [1.165, 1.54) is 23.3 Å². The van der Waals surface area contributed by atoms with Crippen LogP contribution in [0.25, 0.3) is 11.0 Å². The first-order valence-electron chi connectivity index (χ1n) is 6.82. The maximum atomic E-state index is 4.92. The molecule has 1 atom stereocenters. The van der Waals surface area contributed by atoms with Crippen LogP contribution in [0.4, 0.5) is 0 Å². The molecule has 1 saturated heterocycles. The van der Waals surface area contributed by atoms with Crippen LogP contribution in [-0.4, -0.2) is 22.6 Å². The van der Waals surface area contributed by atoms with Gasteiger partial charge in [-0.25, -0.2) is 4.98 Å². The summed E-state index contributed by atoms with van der Waals surface area (Å²) in [5.41, 5.74) is 3.87. The topological polar surface area (TPSA) is 29.9 Å². The molecule has 0 spiro atoms. The Morgan fingerprint density at radius 1 is 1.44 bits per heavy atom. The van der Waals surface area contributed by atoms with E-state index in [2.05, 4.69) is 48.9 Å². The van der Waals surface area contributed by atoms with Gasteiger partial charge in [0.25, 0.3) is 0 Å². The van der Waals surface area contributed by atoms with Crippen molar-refractivity contribution >= 4 is 11.0 Å². The molecule has 2 heterocycles. The molecular formula is C15H21N3. The molecule has 96 valence electrons. The Balaban J connectivity index is 2.22. The third-order valence-electron chi connectivity index (χ3n) is 4.13. The standard InChI is InChI=1S/C15H21N3/c1-4-18-13-6-5-11(2)9-12(13)17-14(18)15(3)7-8-16-10-15/h5-6,9,16H,4,7-8,10H2,1-3H3. The molecule has 1 aromatic carbocycles. The van der Waals surface area contributed by atoms with E-state index in [4.69, 9.17) is 4.98 Å². The average molecular weight is 243 g/mol. The zero-order valence-electron chi connectivity index (χ0n) is 11.5. The minimum atomic E-state index is 0.183. The van der Waals surface area contributed by atoms with E-state index in [1.54, 1.807) is 0 Å². The molecule has 1 N–H and O–H groups in total. The maximum absolute atomic E-state index is 4.92. The summed E-state index contributed by atoms with van der Waals surface area (Å²) in [6.07, 6.45) is 1.18. The summed E-state index contributed by atoms with van der Waals surface area (Å²) < 4.78 is 2.38. The first kappa shape index (κ1) is 11.7. The molecule has 3 heteroatoms. The zero-order valence-corrected chi connectivity index (χ0v) is 11.5. The van der Waals surface area contributed by atoms with Crippen LogP contribution in [0.3, 0.4) is 0 Å². The normalized spacial score (nSPS) is 23.9. The molecule has 1 aliphatic rings. The Morgan fingerprint density at radius 2 is 2.28 bits per heavy atom. The van der Waals surface area contributed by atoms with Gasteiger partial charge in [0.15, 0.2) is 0 Å². The van der Waals surface area contributed by atoms with Crippen LogP contribution in [0.5, 0.6) is 0 Å². The van der Waals surface area contributed by atoms with E-state index in [-0.39, 0.29) is 5.41 Å². The van der Waals surface area contributed by atoms with E-state index < -0.39 is 0 Å². The van der Waals surface area contributed by atoms with Crippen molar-refractivity contribution in [2.45, 2.75) is 39.2 Å². The van der Waals surface area contributed by atoms with Gasteiger partial charge in [-0.3, -0.25) is 0 Å². The number of nitrogens with zero attached hydrogens (tertiary/aromatic N) is 2. The van der Waals surface area contributed by atoms with Crippen molar-refractivity contribution in [1.29, 1.82) is 0 Å². The average Bonchev–Trinajstić information content (AvgIpc) is 2.93. The summed E-state index contributed by atoms with van der Waals surface area (Å²) in [6, 6.07) is 6.57. The predicted molar refractivity (Wildman–Crippen MR) is 75.0 cm³/mol. The van der Waals surface area contributed by atoms with E-state index in [9.17, 15) is 0 Å². The summed E-state index contributed by atoms with van der Waals surface area (Å²) >= 11 is 0. The quantitative estimate of drug-likeness (QED) is 0.878. The monoisotopic (exact) mass is 243 g/mol. The summed E-state index contributed by atoms with van der Waals surface area (Å²) in [4.78, 5) is 4.92. The van der Waals surface area contributed by atoms with Crippen molar-refractivity contribution in [3.8, 4) is 0 Å². The van der Waals surface area contributed by atoms with Crippen LogP contribution in [0.1, 0.15) is 31.7 Å². The van der Waals surface area contributed by atoms with Crippen LogP contribution in [0, 0.1) is 6.92 Å². The largest absolute Gasteiger partial charge is 0.328 e. The highest BCUT2D eigenvalue weighted by Gasteiger charge is 2.35. The predicted octanol–water partition coefficient (Wildman–Crippen LogP) is 2.62. The second kappa shape index (κ2) is 4.09. The number of aryl methyl sites for hydroxylation is 2. The van der Waals surface area contributed by atoms with Crippen molar-refractivity contribution in [3.63, 3.8) is 0 Å². The van der Waals surface area contributed by atoms with Crippen molar-refractivity contribution in [3.05, 3.63) is 29.6 Å². The molecule has 1 aliphatic heterocycles. The molecule has 0 amide bonds. The highest BCUT2D eigenvalue weighted by molar-refractivity contribution is 5.77. The molecule has 0 aliphatic carbocycles. The van der Waals surface area contributed by atoms with Gasteiger partial charge in [0, 0.05) is 18.5 Å². The number of imidazole rings is 1.